The molecule has 0 aromatic heterocycles. The lowest BCUT2D eigenvalue weighted by atomic mass is 10.1. The zero-order chi connectivity index (χ0) is 33.3. The summed E-state index contributed by atoms with van der Waals surface area (Å²) in [7, 11) is -1.91. The van der Waals surface area contributed by atoms with Crippen LogP contribution < -0.4 is 5.11 Å². The van der Waals surface area contributed by atoms with E-state index in [1.54, 1.807) is 6.07 Å². The molecule has 0 fully saturated rings. The number of hydrogen-bond donors (Lipinski definition) is 1. The van der Waals surface area contributed by atoms with Crippen LogP contribution in [0.5, 0.6) is 0 Å². The number of carbonyl (C=O) groups is 2. The van der Waals surface area contributed by atoms with E-state index < -0.39 is 22.7 Å². The largest absolute Gasteiger partial charge is 0.545 e. The highest BCUT2D eigenvalue weighted by molar-refractivity contribution is 7.85. The molecule has 6 nitrogen and oxygen atoms in total. The maximum absolute atomic E-state index is 12.5. The van der Waals surface area contributed by atoms with E-state index in [0.717, 1.165) is 0 Å². The van der Waals surface area contributed by atoms with Crippen LogP contribution >= 0.6 is 0 Å². The average Bonchev–Trinajstić information content (AvgIpc) is 3.05. The number of nitrogens with zero attached hydrogens (tertiary/aromatic N) is 1. The van der Waals surface area contributed by atoms with Gasteiger partial charge in [-0.1, -0.05) is 109 Å². The Morgan fingerprint density at radius 3 is 1.24 bits per heavy atom. The van der Waals surface area contributed by atoms with Crippen molar-refractivity contribution in [2.24, 2.45) is 0 Å². The molecule has 0 amide bonds. The lowest BCUT2D eigenvalue weighted by Gasteiger charge is -2.39. The summed E-state index contributed by atoms with van der Waals surface area (Å²) in [6.45, 7) is 15.2. The van der Waals surface area contributed by atoms with Gasteiger partial charge in [-0.15, -0.1) is 0 Å². The monoisotopic (exact) mass is 643 g/mol. The molecule has 0 heterocycles. The Hall–Kier alpha value is -2.51. The maximum Gasteiger partial charge on any atom is 0.336 e. The molecule has 0 spiro atoms. The molecule has 0 aliphatic heterocycles. The van der Waals surface area contributed by atoms with Gasteiger partial charge in [0.25, 0.3) is 0 Å². The molecule has 2 aromatic carbocycles. The lowest BCUT2D eigenvalue weighted by Crippen LogP contribution is -2.50. The average molecular weight is 644 g/mol. The second-order valence-electron chi connectivity index (χ2n) is 12.3. The van der Waals surface area contributed by atoms with Crippen LogP contribution in [0.2, 0.25) is 0 Å². The summed E-state index contributed by atoms with van der Waals surface area (Å²) in [5.74, 6) is -2.68. The van der Waals surface area contributed by atoms with Crippen LogP contribution in [0.4, 0.5) is 0 Å². The van der Waals surface area contributed by atoms with Crippen molar-refractivity contribution in [3.05, 3.63) is 59.7 Å². The fourth-order valence-electron chi connectivity index (χ4n) is 5.89. The standard InChI is InChI=1S/C24H52N.C14H10O5S/c1-5-9-13-17-21-25(22-18-14-10-6-2,23-19-15-11-7-3)24-20-16-12-8-4;15-13(16)9-5-1-3-7-11(9)20(19)12-8-4-2-6-10(12)14(17)18/h5-24H2,1-4H3;1-8H,(H,15,16)(H,17,18)/q+1;/p-1. The lowest BCUT2D eigenvalue weighted by molar-refractivity contribution is -0.929. The first-order valence-electron chi connectivity index (χ1n) is 17.7. The van der Waals surface area contributed by atoms with E-state index in [1.807, 2.05) is 0 Å². The topological polar surface area (TPSA) is 94.5 Å². The number of carboxylic acids is 2. The Bertz CT molecular complexity index is 1010. The molecule has 1 atom stereocenters. The van der Waals surface area contributed by atoms with Gasteiger partial charge in [-0.2, -0.15) is 0 Å². The minimum Gasteiger partial charge on any atom is -0.545 e. The van der Waals surface area contributed by atoms with Gasteiger partial charge in [0.05, 0.1) is 58.3 Å². The Kier molecular flexibility index (Phi) is 22.2. The number of carboxylic acid groups (broad SMARTS) is 2. The van der Waals surface area contributed by atoms with Crippen molar-refractivity contribution < 1.29 is 28.5 Å². The predicted molar refractivity (Wildman–Crippen MR) is 185 cm³/mol. The van der Waals surface area contributed by atoms with Crippen LogP contribution in [0.25, 0.3) is 0 Å². The highest BCUT2D eigenvalue weighted by Gasteiger charge is 2.25. The van der Waals surface area contributed by atoms with Crippen molar-refractivity contribution in [3.63, 3.8) is 0 Å². The van der Waals surface area contributed by atoms with Crippen LogP contribution in [0.15, 0.2) is 58.3 Å². The fourth-order valence-corrected chi connectivity index (χ4v) is 7.23. The summed E-state index contributed by atoms with van der Waals surface area (Å²) in [5.41, 5.74) is -0.343. The fraction of sp³-hybridized carbons (Fsp3) is 0.632. The SMILES string of the molecule is CCCCCC[N+](CCCCCC)(CCCCCC)CCCCCC.O=C([O-])c1ccccc1S(=O)c1ccccc1C(=O)O. The second kappa shape index (κ2) is 24.7. The molecule has 1 unspecified atom stereocenters. The highest BCUT2D eigenvalue weighted by atomic mass is 32.2. The molecule has 0 saturated carbocycles. The zero-order valence-corrected chi connectivity index (χ0v) is 29.5. The quantitative estimate of drug-likeness (QED) is 0.0910. The molecular weight excluding hydrogens is 582 g/mol. The molecule has 2 rings (SSSR count). The van der Waals surface area contributed by atoms with Crippen molar-refractivity contribution in [2.75, 3.05) is 26.2 Å². The highest BCUT2D eigenvalue weighted by Crippen LogP contribution is 2.23. The number of aromatic carboxylic acids is 2. The van der Waals surface area contributed by atoms with E-state index >= 15 is 0 Å². The number of carbonyl (C=O) groups excluding carboxylic acids is 1. The van der Waals surface area contributed by atoms with Gasteiger partial charge in [-0.05, 0) is 69.6 Å². The summed E-state index contributed by atoms with van der Waals surface area (Å²) < 4.78 is 13.9. The minimum absolute atomic E-state index is 0.0150. The molecule has 0 radical (unpaired) electrons. The van der Waals surface area contributed by atoms with Crippen LogP contribution in [0.1, 0.15) is 151 Å². The number of hydrogen-bond acceptors (Lipinski definition) is 4. The first-order chi connectivity index (χ1) is 21.8. The van der Waals surface area contributed by atoms with E-state index in [2.05, 4.69) is 27.7 Å². The van der Waals surface area contributed by atoms with Crippen molar-refractivity contribution >= 4 is 22.7 Å². The summed E-state index contributed by atoms with van der Waals surface area (Å²) in [5, 5.41) is 20.1. The first kappa shape index (κ1) is 40.5. The van der Waals surface area contributed by atoms with Gasteiger partial charge in [0.2, 0.25) is 0 Å². The van der Waals surface area contributed by atoms with Gasteiger partial charge < -0.3 is 19.5 Å². The number of unbranched alkanes of at least 4 members (excludes halogenated alkanes) is 12. The zero-order valence-electron chi connectivity index (χ0n) is 28.7. The van der Waals surface area contributed by atoms with Crippen molar-refractivity contribution in [2.45, 2.75) is 140 Å². The Labute approximate surface area is 276 Å². The van der Waals surface area contributed by atoms with Crippen LogP contribution in [-0.2, 0) is 10.8 Å². The van der Waals surface area contributed by atoms with Crippen molar-refractivity contribution in [1.82, 2.24) is 0 Å². The van der Waals surface area contributed by atoms with Gasteiger partial charge >= 0.3 is 5.97 Å². The van der Waals surface area contributed by atoms with Gasteiger partial charge in [-0.3, -0.25) is 0 Å². The van der Waals surface area contributed by atoms with Gasteiger partial charge in [0, 0.05) is 5.56 Å². The van der Waals surface area contributed by atoms with E-state index in [0.29, 0.717) is 0 Å². The van der Waals surface area contributed by atoms with Gasteiger partial charge in [0.1, 0.15) is 0 Å². The normalized spacial score (nSPS) is 11.9. The molecule has 0 aliphatic rings. The summed E-state index contributed by atoms with van der Waals surface area (Å²) in [4.78, 5) is 22.2. The van der Waals surface area contributed by atoms with Crippen LogP contribution in [0.3, 0.4) is 0 Å². The first-order valence-corrected chi connectivity index (χ1v) is 18.8. The molecular formula is C38H61NO5S. The van der Waals surface area contributed by atoms with Crippen LogP contribution in [0, 0.1) is 0 Å². The number of benzene rings is 2. The third-order valence-electron chi connectivity index (χ3n) is 8.57. The minimum atomic E-state index is -1.91. The Balaban J connectivity index is 0.000000459. The molecule has 0 bridgehead atoms. The number of rotatable bonds is 24. The molecule has 254 valence electrons. The third kappa shape index (κ3) is 16.1. The molecule has 2 aromatic rings. The molecule has 0 saturated heterocycles. The smallest absolute Gasteiger partial charge is 0.336 e. The van der Waals surface area contributed by atoms with E-state index in [1.165, 1.54) is 176 Å². The third-order valence-corrected chi connectivity index (χ3v) is 10.1. The van der Waals surface area contributed by atoms with Crippen molar-refractivity contribution in [1.29, 1.82) is 0 Å². The summed E-state index contributed by atoms with van der Waals surface area (Å²) in [6, 6.07) is 11.4. The van der Waals surface area contributed by atoms with E-state index in [4.69, 9.17) is 5.11 Å². The Morgan fingerprint density at radius 1 is 0.578 bits per heavy atom. The second-order valence-corrected chi connectivity index (χ2v) is 13.7. The Morgan fingerprint density at radius 2 is 0.911 bits per heavy atom. The predicted octanol–water partition coefficient (Wildman–Crippen LogP) is 9.04. The maximum atomic E-state index is 12.5. The van der Waals surface area contributed by atoms with Gasteiger partial charge in [0.15, 0.2) is 0 Å². The van der Waals surface area contributed by atoms with E-state index in [-0.39, 0.29) is 20.9 Å². The molecule has 7 heteroatoms. The van der Waals surface area contributed by atoms with Gasteiger partial charge in [-0.25, -0.2) is 9.00 Å². The summed E-state index contributed by atoms with van der Waals surface area (Å²) >= 11 is 0. The number of quaternary nitrogens is 1. The molecule has 45 heavy (non-hydrogen) atoms. The molecule has 0 aliphatic carbocycles. The van der Waals surface area contributed by atoms with E-state index in [9.17, 15) is 18.9 Å². The molecule has 1 N–H and O–H groups in total. The van der Waals surface area contributed by atoms with Crippen molar-refractivity contribution in [3.8, 4) is 0 Å². The van der Waals surface area contributed by atoms with Crippen LogP contribution in [-0.4, -0.2) is 51.9 Å². The summed E-state index contributed by atoms with van der Waals surface area (Å²) in [6.07, 6.45) is 22.8.